The standard InChI is InChI=1S/C13H9F3N2O3S/c14-13(15,16)10-9(22-6-18-10)11(19)17-5-7-1-3-8(4-2-7)12(20)21/h1-4,6H,5H2,(H,17,19)(H,20,21). The molecule has 0 saturated carbocycles. The normalized spacial score (nSPS) is 11.2. The molecule has 1 amide bonds. The molecule has 0 fully saturated rings. The third-order valence-electron chi connectivity index (χ3n) is 2.70. The van der Waals surface area contributed by atoms with E-state index in [1.807, 2.05) is 0 Å². The van der Waals surface area contributed by atoms with E-state index in [4.69, 9.17) is 5.11 Å². The van der Waals surface area contributed by atoms with Crippen LogP contribution < -0.4 is 5.32 Å². The SMILES string of the molecule is O=C(O)c1ccc(CNC(=O)c2scnc2C(F)(F)F)cc1. The number of hydrogen-bond acceptors (Lipinski definition) is 4. The lowest BCUT2D eigenvalue weighted by molar-refractivity contribution is -0.141. The highest BCUT2D eigenvalue weighted by atomic mass is 32.1. The smallest absolute Gasteiger partial charge is 0.434 e. The van der Waals surface area contributed by atoms with Gasteiger partial charge in [0.15, 0.2) is 5.69 Å². The molecule has 0 aliphatic carbocycles. The number of carbonyl (C=O) groups excluding carboxylic acids is 1. The number of nitrogens with zero attached hydrogens (tertiary/aromatic N) is 1. The van der Waals surface area contributed by atoms with Crippen molar-refractivity contribution in [2.75, 3.05) is 0 Å². The first-order valence-corrected chi connectivity index (χ1v) is 6.78. The van der Waals surface area contributed by atoms with Gasteiger partial charge in [0.25, 0.3) is 5.91 Å². The molecule has 0 aliphatic heterocycles. The number of hydrogen-bond donors (Lipinski definition) is 2. The van der Waals surface area contributed by atoms with Gasteiger partial charge in [-0.05, 0) is 17.7 Å². The van der Waals surface area contributed by atoms with E-state index < -0.39 is 28.6 Å². The summed E-state index contributed by atoms with van der Waals surface area (Å²) in [5.41, 5.74) is 0.392. The molecular weight excluding hydrogens is 321 g/mol. The number of halogens is 3. The molecule has 1 aromatic carbocycles. The fourth-order valence-corrected chi connectivity index (χ4v) is 2.36. The topological polar surface area (TPSA) is 79.3 Å². The van der Waals surface area contributed by atoms with Crippen LogP contribution in [-0.2, 0) is 12.7 Å². The highest BCUT2D eigenvalue weighted by molar-refractivity contribution is 7.11. The number of aromatic carboxylic acids is 1. The maximum atomic E-state index is 12.6. The van der Waals surface area contributed by atoms with E-state index in [2.05, 4.69) is 10.3 Å². The molecular formula is C13H9F3N2O3S. The van der Waals surface area contributed by atoms with Crippen LogP contribution in [0.1, 0.15) is 31.3 Å². The highest BCUT2D eigenvalue weighted by Gasteiger charge is 2.38. The third-order valence-corrected chi connectivity index (χ3v) is 3.52. The second-order valence-corrected chi connectivity index (χ2v) is 5.07. The molecule has 2 N–H and O–H groups in total. The number of carbonyl (C=O) groups is 2. The van der Waals surface area contributed by atoms with Crippen molar-refractivity contribution in [1.29, 1.82) is 0 Å². The van der Waals surface area contributed by atoms with Crippen molar-refractivity contribution in [3.63, 3.8) is 0 Å². The number of rotatable bonds is 4. The van der Waals surface area contributed by atoms with Gasteiger partial charge in [0.2, 0.25) is 0 Å². The first kappa shape index (κ1) is 16.0. The zero-order chi connectivity index (χ0) is 16.3. The molecule has 0 saturated heterocycles. The molecule has 1 heterocycles. The average molecular weight is 330 g/mol. The van der Waals surface area contributed by atoms with Crippen molar-refractivity contribution in [2.45, 2.75) is 12.7 Å². The van der Waals surface area contributed by atoms with E-state index in [1.54, 1.807) is 0 Å². The van der Waals surface area contributed by atoms with Crippen LogP contribution in [0.3, 0.4) is 0 Å². The number of aromatic nitrogens is 1. The summed E-state index contributed by atoms with van der Waals surface area (Å²) in [6.07, 6.45) is -4.68. The minimum atomic E-state index is -4.68. The zero-order valence-electron chi connectivity index (χ0n) is 10.8. The maximum Gasteiger partial charge on any atom is 0.434 e. The van der Waals surface area contributed by atoms with Crippen LogP contribution in [0.5, 0.6) is 0 Å². The Morgan fingerprint density at radius 3 is 2.41 bits per heavy atom. The highest BCUT2D eigenvalue weighted by Crippen LogP contribution is 2.32. The van der Waals surface area contributed by atoms with Crippen LogP contribution in [0.25, 0.3) is 0 Å². The Hall–Kier alpha value is -2.42. The van der Waals surface area contributed by atoms with E-state index in [0.717, 1.165) is 5.51 Å². The van der Waals surface area contributed by atoms with Crippen LogP contribution in [0.4, 0.5) is 13.2 Å². The van der Waals surface area contributed by atoms with Crippen molar-refractivity contribution < 1.29 is 27.9 Å². The van der Waals surface area contributed by atoms with E-state index in [-0.39, 0.29) is 12.1 Å². The summed E-state index contributed by atoms with van der Waals surface area (Å²) in [6.45, 7) is -0.0199. The molecule has 1 aromatic heterocycles. The van der Waals surface area contributed by atoms with E-state index in [1.165, 1.54) is 24.3 Å². The van der Waals surface area contributed by atoms with Gasteiger partial charge in [0.1, 0.15) is 4.88 Å². The van der Waals surface area contributed by atoms with Crippen LogP contribution in [-0.4, -0.2) is 22.0 Å². The number of carboxylic acids is 1. The van der Waals surface area contributed by atoms with Crippen molar-refractivity contribution in [2.24, 2.45) is 0 Å². The maximum absolute atomic E-state index is 12.6. The number of alkyl halides is 3. The molecule has 0 radical (unpaired) electrons. The van der Waals surface area contributed by atoms with Crippen LogP contribution >= 0.6 is 11.3 Å². The molecule has 0 atom stereocenters. The van der Waals surface area contributed by atoms with Crippen molar-refractivity contribution in [3.8, 4) is 0 Å². The quantitative estimate of drug-likeness (QED) is 0.903. The van der Waals surface area contributed by atoms with Crippen molar-refractivity contribution >= 4 is 23.2 Å². The Labute approximate surface area is 126 Å². The van der Waals surface area contributed by atoms with Crippen LogP contribution in [0.2, 0.25) is 0 Å². The van der Waals surface area contributed by atoms with E-state index in [9.17, 15) is 22.8 Å². The summed E-state index contributed by atoms with van der Waals surface area (Å²) in [4.78, 5) is 25.1. The number of amides is 1. The summed E-state index contributed by atoms with van der Waals surface area (Å²) in [7, 11) is 0. The first-order chi connectivity index (χ1) is 10.3. The second-order valence-electron chi connectivity index (χ2n) is 4.21. The average Bonchev–Trinajstić information content (AvgIpc) is 2.94. The van der Waals surface area contributed by atoms with E-state index >= 15 is 0 Å². The number of thiazole rings is 1. The Kier molecular flexibility index (Phi) is 4.45. The Balaban J connectivity index is 2.04. The number of nitrogens with one attached hydrogen (secondary N) is 1. The number of carboxylic acid groups (broad SMARTS) is 1. The lowest BCUT2D eigenvalue weighted by Gasteiger charge is -2.07. The zero-order valence-corrected chi connectivity index (χ0v) is 11.7. The third kappa shape index (κ3) is 3.61. The molecule has 0 bridgehead atoms. The van der Waals surface area contributed by atoms with Gasteiger partial charge in [-0.15, -0.1) is 11.3 Å². The fraction of sp³-hybridized carbons (Fsp3) is 0.154. The Morgan fingerprint density at radius 1 is 1.23 bits per heavy atom. The van der Waals surface area contributed by atoms with Gasteiger partial charge >= 0.3 is 12.1 Å². The summed E-state index contributed by atoms with van der Waals surface area (Å²) in [5, 5.41) is 11.1. The largest absolute Gasteiger partial charge is 0.478 e. The van der Waals surface area contributed by atoms with Gasteiger partial charge in [0.05, 0.1) is 11.1 Å². The lowest BCUT2D eigenvalue weighted by atomic mass is 10.1. The predicted octanol–water partition coefficient (Wildman–Crippen LogP) is 2.79. The van der Waals surface area contributed by atoms with Gasteiger partial charge in [-0.3, -0.25) is 4.79 Å². The van der Waals surface area contributed by atoms with Gasteiger partial charge in [0, 0.05) is 6.54 Å². The fourth-order valence-electron chi connectivity index (χ4n) is 1.64. The number of benzene rings is 1. The summed E-state index contributed by atoms with van der Waals surface area (Å²) >= 11 is 0.605. The van der Waals surface area contributed by atoms with Crippen LogP contribution in [0, 0.1) is 0 Å². The molecule has 5 nitrogen and oxygen atoms in total. The lowest BCUT2D eigenvalue weighted by Crippen LogP contribution is -2.24. The van der Waals surface area contributed by atoms with Gasteiger partial charge in [-0.2, -0.15) is 13.2 Å². The summed E-state index contributed by atoms with van der Waals surface area (Å²) in [6, 6.07) is 5.64. The molecule has 116 valence electrons. The van der Waals surface area contributed by atoms with E-state index in [0.29, 0.717) is 16.9 Å². The van der Waals surface area contributed by atoms with Crippen molar-refractivity contribution in [3.05, 3.63) is 51.5 Å². The minimum Gasteiger partial charge on any atom is -0.478 e. The van der Waals surface area contributed by atoms with Crippen LogP contribution in [0.15, 0.2) is 29.8 Å². The molecule has 2 rings (SSSR count). The van der Waals surface area contributed by atoms with Gasteiger partial charge < -0.3 is 10.4 Å². The van der Waals surface area contributed by atoms with Crippen molar-refractivity contribution in [1.82, 2.24) is 10.3 Å². The predicted molar refractivity (Wildman–Crippen MR) is 71.7 cm³/mol. The summed E-state index contributed by atoms with van der Waals surface area (Å²) in [5.74, 6) is -1.97. The molecule has 0 spiro atoms. The monoisotopic (exact) mass is 330 g/mol. The summed E-state index contributed by atoms with van der Waals surface area (Å²) < 4.78 is 37.9. The Morgan fingerprint density at radius 2 is 1.86 bits per heavy atom. The first-order valence-electron chi connectivity index (χ1n) is 5.90. The molecule has 9 heteroatoms. The minimum absolute atomic E-state index is 0.0199. The molecule has 0 aliphatic rings. The van der Waals surface area contributed by atoms with Gasteiger partial charge in [-0.1, -0.05) is 12.1 Å². The molecule has 2 aromatic rings. The second kappa shape index (κ2) is 6.14. The van der Waals surface area contributed by atoms with Gasteiger partial charge in [-0.25, -0.2) is 9.78 Å². The Bertz CT molecular complexity index is 695. The molecule has 0 unspecified atom stereocenters. The molecule has 22 heavy (non-hydrogen) atoms.